The van der Waals surface area contributed by atoms with Gasteiger partial charge in [0.25, 0.3) is 0 Å². The second kappa shape index (κ2) is 8.04. The summed E-state index contributed by atoms with van der Waals surface area (Å²) in [6, 6.07) is 0.786. The first-order valence-electron chi connectivity index (χ1n) is 6.91. The molecule has 0 bridgehead atoms. The number of hydrogen-bond acceptors (Lipinski definition) is 3. The lowest BCUT2D eigenvalue weighted by atomic mass is 10.2. The molecule has 0 aromatic rings. The normalized spacial score (nSPS) is 22.1. The number of nitrogens with zero attached hydrogens (tertiary/aromatic N) is 2. The van der Waals surface area contributed by atoms with E-state index in [1.165, 1.54) is 58.5 Å². The molecule has 1 aliphatic rings. The molecule has 1 aliphatic heterocycles. The topological polar surface area (TPSA) is 18.5 Å². The molecule has 16 heavy (non-hydrogen) atoms. The standard InChI is InChI=1S/C13H29N3/c1-4-16(5-2)11-7-9-14-12-13-8-6-10-15(13)3/h13-14H,4-12H2,1-3H3. The van der Waals surface area contributed by atoms with Crippen LogP contribution in [0.25, 0.3) is 0 Å². The van der Waals surface area contributed by atoms with Crippen molar-refractivity contribution in [2.45, 2.75) is 39.2 Å². The van der Waals surface area contributed by atoms with Crippen molar-refractivity contribution in [3.63, 3.8) is 0 Å². The molecule has 1 unspecified atom stereocenters. The Hall–Kier alpha value is -0.120. The van der Waals surface area contributed by atoms with Crippen molar-refractivity contribution in [3.05, 3.63) is 0 Å². The van der Waals surface area contributed by atoms with Crippen LogP contribution in [0.1, 0.15) is 33.1 Å². The van der Waals surface area contributed by atoms with Gasteiger partial charge >= 0.3 is 0 Å². The van der Waals surface area contributed by atoms with Gasteiger partial charge in [-0.25, -0.2) is 0 Å². The van der Waals surface area contributed by atoms with Gasteiger partial charge in [-0.05, 0) is 59.0 Å². The van der Waals surface area contributed by atoms with Gasteiger partial charge in [0.2, 0.25) is 0 Å². The summed E-state index contributed by atoms with van der Waals surface area (Å²) < 4.78 is 0. The van der Waals surface area contributed by atoms with E-state index < -0.39 is 0 Å². The largest absolute Gasteiger partial charge is 0.315 e. The van der Waals surface area contributed by atoms with E-state index in [-0.39, 0.29) is 0 Å². The van der Waals surface area contributed by atoms with Crippen molar-refractivity contribution in [3.8, 4) is 0 Å². The van der Waals surface area contributed by atoms with Gasteiger partial charge in [0.1, 0.15) is 0 Å². The number of hydrogen-bond donors (Lipinski definition) is 1. The van der Waals surface area contributed by atoms with Gasteiger partial charge < -0.3 is 15.1 Å². The summed E-state index contributed by atoms with van der Waals surface area (Å²) in [5.41, 5.74) is 0. The van der Waals surface area contributed by atoms with Crippen molar-refractivity contribution in [2.24, 2.45) is 0 Å². The van der Waals surface area contributed by atoms with Crippen LogP contribution in [-0.4, -0.2) is 62.2 Å². The molecule has 1 rings (SSSR count). The fourth-order valence-electron chi connectivity index (χ4n) is 2.47. The summed E-state index contributed by atoms with van der Waals surface area (Å²) in [5, 5.41) is 3.59. The van der Waals surface area contributed by atoms with Crippen LogP contribution in [0.2, 0.25) is 0 Å². The summed E-state index contributed by atoms with van der Waals surface area (Å²) in [6.45, 7) is 11.7. The van der Waals surface area contributed by atoms with Gasteiger partial charge in [0.15, 0.2) is 0 Å². The van der Waals surface area contributed by atoms with Crippen molar-refractivity contribution >= 4 is 0 Å². The molecule has 1 heterocycles. The number of rotatable bonds is 8. The molecule has 0 aromatic heterocycles. The van der Waals surface area contributed by atoms with Crippen molar-refractivity contribution in [1.82, 2.24) is 15.1 Å². The van der Waals surface area contributed by atoms with Gasteiger partial charge in [0.05, 0.1) is 0 Å². The van der Waals surface area contributed by atoms with Gasteiger partial charge in [-0.3, -0.25) is 0 Å². The van der Waals surface area contributed by atoms with Crippen LogP contribution >= 0.6 is 0 Å². The zero-order valence-electron chi connectivity index (χ0n) is 11.3. The van der Waals surface area contributed by atoms with E-state index in [2.05, 4.69) is 36.0 Å². The van der Waals surface area contributed by atoms with E-state index in [0.717, 1.165) is 6.04 Å². The molecule has 0 amide bonds. The lowest BCUT2D eigenvalue weighted by molar-refractivity contribution is 0.284. The maximum Gasteiger partial charge on any atom is 0.0218 e. The summed E-state index contributed by atoms with van der Waals surface area (Å²) in [5.74, 6) is 0. The Morgan fingerprint density at radius 1 is 1.31 bits per heavy atom. The first-order chi connectivity index (χ1) is 7.77. The van der Waals surface area contributed by atoms with E-state index in [1.54, 1.807) is 0 Å². The van der Waals surface area contributed by atoms with Crippen LogP contribution in [0, 0.1) is 0 Å². The Kier molecular flexibility index (Phi) is 7.01. The maximum absolute atomic E-state index is 3.59. The molecule has 0 radical (unpaired) electrons. The van der Waals surface area contributed by atoms with Gasteiger partial charge in [-0.2, -0.15) is 0 Å². The summed E-state index contributed by atoms with van der Waals surface area (Å²) in [4.78, 5) is 4.97. The fraction of sp³-hybridized carbons (Fsp3) is 1.00. The Balaban J connectivity index is 1.95. The third-order valence-corrected chi connectivity index (χ3v) is 3.77. The van der Waals surface area contributed by atoms with Crippen LogP contribution in [0.4, 0.5) is 0 Å². The third kappa shape index (κ3) is 4.81. The quantitative estimate of drug-likeness (QED) is 0.632. The smallest absolute Gasteiger partial charge is 0.0218 e. The summed E-state index contributed by atoms with van der Waals surface area (Å²) in [7, 11) is 2.25. The molecule has 1 atom stereocenters. The molecule has 0 spiro atoms. The Labute approximate surface area is 101 Å². The zero-order chi connectivity index (χ0) is 11.8. The second-order valence-electron chi connectivity index (χ2n) is 4.86. The minimum absolute atomic E-state index is 0.786. The predicted octanol–water partition coefficient (Wildman–Crippen LogP) is 1.40. The van der Waals surface area contributed by atoms with E-state index in [4.69, 9.17) is 0 Å². The molecule has 1 fully saturated rings. The van der Waals surface area contributed by atoms with E-state index in [0.29, 0.717) is 0 Å². The van der Waals surface area contributed by atoms with Crippen LogP contribution in [0.15, 0.2) is 0 Å². The van der Waals surface area contributed by atoms with Gasteiger partial charge in [-0.1, -0.05) is 13.8 Å². The van der Waals surface area contributed by atoms with E-state index in [9.17, 15) is 0 Å². The second-order valence-corrected chi connectivity index (χ2v) is 4.86. The molecular weight excluding hydrogens is 198 g/mol. The van der Waals surface area contributed by atoms with Gasteiger partial charge in [-0.15, -0.1) is 0 Å². The van der Waals surface area contributed by atoms with E-state index >= 15 is 0 Å². The minimum atomic E-state index is 0.786. The molecule has 96 valence electrons. The molecule has 1 N–H and O–H groups in total. The maximum atomic E-state index is 3.59. The average molecular weight is 227 g/mol. The third-order valence-electron chi connectivity index (χ3n) is 3.77. The highest BCUT2D eigenvalue weighted by Gasteiger charge is 2.19. The molecule has 0 saturated carbocycles. The number of nitrogens with one attached hydrogen (secondary N) is 1. The average Bonchev–Trinajstić information content (AvgIpc) is 2.70. The summed E-state index contributed by atoms with van der Waals surface area (Å²) >= 11 is 0. The first-order valence-corrected chi connectivity index (χ1v) is 6.91. The zero-order valence-corrected chi connectivity index (χ0v) is 11.3. The lowest BCUT2D eigenvalue weighted by Gasteiger charge is -2.21. The summed E-state index contributed by atoms with van der Waals surface area (Å²) in [6.07, 6.45) is 4.03. The lowest BCUT2D eigenvalue weighted by Crippen LogP contribution is -2.36. The Morgan fingerprint density at radius 3 is 2.62 bits per heavy atom. The molecular formula is C13H29N3. The van der Waals surface area contributed by atoms with E-state index in [1.807, 2.05) is 0 Å². The molecule has 0 aromatic carbocycles. The van der Waals surface area contributed by atoms with Crippen LogP contribution in [0.3, 0.4) is 0 Å². The minimum Gasteiger partial charge on any atom is -0.315 e. The van der Waals surface area contributed by atoms with Crippen molar-refractivity contribution in [1.29, 1.82) is 0 Å². The van der Waals surface area contributed by atoms with Crippen LogP contribution in [0.5, 0.6) is 0 Å². The molecule has 1 saturated heterocycles. The highest BCUT2D eigenvalue weighted by atomic mass is 15.2. The van der Waals surface area contributed by atoms with Crippen LogP contribution in [-0.2, 0) is 0 Å². The predicted molar refractivity (Wildman–Crippen MR) is 70.9 cm³/mol. The van der Waals surface area contributed by atoms with Crippen molar-refractivity contribution < 1.29 is 0 Å². The Bertz CT molecular complexity index is 169. The molecule has 0 aliphatic carbocycles. The van der Waals surface area contributed by atoms with Crippen molar-refractivity contribution in [2.75, 3.05) is 46.3 Å². The monoisotopic (exact) mass is 227 g/mol. The fourth-order valence-corrected chi connectivity index (χ4v) is 2.47. The highest BCUT2D eigenvalue weighted by molar-refractivity contribution is 4.78. The van der Waals surface area contributed by atoms with Crippen LogP contribution < -0.4 is 5.32 Å². The number of likely N-dealkylation sites (tertiary alicyclic amines) is 1. The Morgan fingerprint density at radius 2 is 2.06 bits per heavy atom. The first kappa shape index (κ1) is 13.9. The number of likely N-dealkylation sites (N-methyl/N-ethyl adjacent to an activating group) is 1. The molecule has 3 nitrogen and oxygen atoms in total. The van der Waals surface area contributed by atoms with Gasteiger partial charge in [0, 0.05) is 12.6 Å². The highest BCUT2D eigenvalue weighted by Crippen LogP contribution is 2.13. The molecule has 3 heteroatoms. The SMILES string of the molecule is CCN(CC)CCCNCC1CCCN1C.